The van der Waals surface area contributed by atoms with Crippen LogP contribution < -0.4 is 0 Å². The third-order valence-corrected chi connectivity index (χ3v) is 3.14. The van der Waals surface area contributed by atoms with Gasteiger partial charge in [-0.1, -0.05) is 24.3 Å². The fourth-order valence-electron chi connectivity index (χ4n) is 2.43. The van der Waals surface area contributed by atoms with Crippen LogP contribution >= 0.6 is 0 Å². The highest BCUT2D eigenvalue weighted by atomic mass is 16.5. The van der Waals surface area contributed by atoms with Gasteiger partial charge < -0.3 is 4.74 Å². The molecule has 1 aromatic rings. The van der Waals surface area contributed by atoms with Crippen LogP contribution in [0, 0.1) is 0 Å². The molecule has 0 bridgehead atoms. The molecule has 0 heterocycles. The Morgan fingerprint density at radius 2 is 1.82 bits per heavy atom. The molecule has 90 valence electrons. The lowest BCUT2D eigenvalue weighted by Gasteiger charge is -2.22. The maximum Gasteiger partial charge on any atom is 0.140 e. The third kappa shape index (κ3) is 2.80. The first kappa shape index (κ1) is 12.0. The zero-order chi connectivity index (χ0) is 12.3. The molecule has 1 saturated carbocycles. The van der Waals surface area contributed by atoms with Crippen LogP contribution in [0.4, 0.5) is 0 Å². The molecule has 1 fully saturated rings. The Balaban J connectivity index is 2.26. The third-order valence-electron chi connectivity index (χ3n) is 3.14. The lowest BCUT2D eigenvalue weighted by Crippen LogP contribution is -2.22. The van der Waals surface area contributed by atoms with Gasteiger partial charge in [-0.15, -0.1) is 0 Å². The van der Waals surface area contributed by atoms with Crippen molar-refractivity contribution in [2.75, 3.05) is 7.11 Å². The molecule has 0 radical (unpaired) electrons. The smallest absolute Gasteiger partial charge is 0.140 e. The number of carbonyl (C=O) groups is 2. The fraction of sp³-hybridized carbons (Fsp3) is 0.429. The number of hydrogen-bond donors (Lipinski definition) is 0. The average molecular weight is 232 g/mol. The van der Waals surface area contributed by atoms with Gasteiger partial charge >= 0.3 is 0 Å². The summed E-state index contributed by atoms with van der Waals surface area (Å²) in [4.78, 5) is 22.9. The van der Waals surface area contributed by atoms with Crippen molar-refractivity contribution < 1.29 is 14.3 Å². The number of benzene rings is 1. The molecule has 3 heteroatoms. The summed E-state index contributed by atoms with van der Waals surface area (Å²) in [6, 6.07) is 7.87. The van der Waals surface area contributed by atoms with Crippen molar-refractivity contribution in [3.05, 3.63) is 35.4 Å². The predicted octanol–water partition coefficient (Wildman–Crippen LogP) is 2.24. The van der Waals surface area contributed by atoms with Gasteiger partial charge in [-0.3, -0.25) is 9.59 Å². The Labute approximate surface area is 101 Å². The van der Waals surface area contributed by atoms with E-state index < -0.39 is 0 Å². The summed E-state index contributed by atoms with van der Waals surface area (Å²) in [5.41, 5.74) is 2.15. The van der Waals surface area contributed by atoms with Crippen molar-refractivity contribution in [1.82, 2.24) is 0 Å². The highest BCUT2D eigenvalue weighted by Crippen LogP contribution is 2.31. The van der Waals surface area contributed by atoms with E-state index in [2.05, 4.69) is 0 Å². The van der Waals surface area contributed by atoms with E-state index in [-0.39, 0.29) is 23.9 Å². The van der Waals surface area contributed by atoms with Gasteiger partial charge in [-0.2, -0.15) is 0 Å². The van der Waals surface area contributed by atoms with Gasteiger partial charge in [0.2, 0.25) is 0 Å². The zero-order valence-electron chi connectivity index (χ0n) is 9.94. The topological polar surface area (TPSA) is 43.4 Å². The van der Waals surface area contributed by atoms with Gasteiger partial charge in [0, 0.05) is 20.0 Å². The monoisotopic (exact) mass is 232 g/mol. The van der Waals surface area contributed by atoms with Crippen LogP contribution in [0.5, 0.6) is 0 Å². The first-order valence-corrected chi connectivity index (χ1v) is 5.81. The maximum absolute atomic E-state index is 11.5. The minimum absolute atomic E-state index is 0.0371. The van der Waals surface area contributed by atoms with Crippen LogP contribution in [-0.2, 0) is 20.9 Å². The molecule has 0 aromatic heterocycles. The van der Waals surface area contributed by atoms with Crippen molar-refractivity contribution >= 4 is 11.6 Å². The Hall–Kier alpha value is -1.48. The number of methoxy groups -OCH3 is 1. The fourth-order valence-corrected chi connectivity index (χ4v) is 2.43. The van der Waals surface area contributed by atoms with Crippen LogP contribution in [0.15, 0.2) is 24.3 Å². The van der Waals surface area contributed by atoms with E-state index in [1.807, 2.05) is 24.3 Å². The molecular formula is C14H16O3. The largest absolute Gasteiger partial charge is 0.380 e. The number of carbonyl (C=O) groups excluding carboxylic acids is 2. The van der Waals surface area contributed by atoms with Crippen LogP contribution in [0.3, 0.4) is 0 Å². The van der Waals surface area contributed by atoms with Crippen LogP contribution in [0.2, 0.25) is 0 Å². The lowest BCUT2D eigenvalue weighted by atomic mass is 9.81. The summed E-state index contributed by atoms with van der Waals surface area (Å²) in [6.45, 7) is 0.523. The molecule has 1 aromatic carbocycles. The Kier molecular flexibility index (Phi) is 3.69. The number of rotatable bonds is 3. The highest BCUT2D eigenvalue weighted by molar-refractivity contribution is 6.02. The van der Waals surface area contributed by atoms with E-state index in [0.717, 1.165) is 11.1 Å². The molecule has 0 saturated heterocycles. The minimum atomic E-state index is 0.0371. The highest BCUT2D eigenvalue weighted by Gasteiger charge is 2.27. The summed E-state index contributed by atoms with van der Waals surface area (Å²) in [7, 11) is 1.65. The van der Waals surface area contributed by atoms with Gasteiger partial charge in [0.15, 0.2) is 0 Å². The first-order valence-electron chi connectivity index (χ1n) is 5.81. The SMILES string of the molecule is COCc1ccccc1C1CC(=O)CC(=O)C1. The van der Waals surface area contributed by atoms with Crippen LogP contribution in [-0.4, -0.2) is 18.7 Å². The quantitative estimate of drug-likeness (QED) is 0.751. The van der Waals surface area contributed by atoms with Crippen molar-refractivity contribution in [3.63, 3.8) is 0 Å². The standard InChI is InChI=1S/C14H16O3/c1-17-9-10-4-2-3-5-14(10)11-6-12(15)8-13(16)7-11/h2-5,11H,6-9H2,1H3. The summed E-state index contributed by atoms with van der Waals surface area (Å²) in [5, 5.41) is 0. The molecule has 3 nitrogen and oxygen atoms in total. The van der Waals surface area contributed by atoms with Crippen LogP contribution in [0.1, 0.15) is 36.3 Å². The molecule has 17 heavy (non-hydrogen) atoms. The second-order valence-corrected chi connectivity index (χ2v) is 4.49. The summed E-state index contributed by atoms with van der Waals surface area (Å²) in [5.74, 6) is 0.145. The van der Waals surface area contributed by atoms with Gasteiger partial charge in [-0.05, 0) is 17.0 Å². The lowest BCUT2D eigenvalue weighted by molar-refractivity contribution is -0.130. The summed E-state index contributed by atoms with van der Waals surface area (Å²) >= 11 is 0. The van der Waals surface area contributed by atoms with E-state index in [0.29, 0.717) is 19.4 Å². The summed E-state index contributed by atoms with van der Waals surface area (Å²) < 4.78 is 5.14. The number of Topliss-reactive ketones (excluding diaryl/α,β-unsaturated/α-hetero) is 2. The maximum atomic E-state index is 11.5. The Morgan fingerprint density at radius 3 is 2.47 bits per heavy atom. The van der Waals surface area contributed by atoms with E-state index in [1.54, 1.807) is 7.11 Å². The van der Waals surface area contributed by atoms with Crippen molar-refractivity contribution in [2.45, 2.75) is 31.8 Å². The molecular weight excluding hydrogens is 216 g/mol. The van der Waals surface area contributed by atoms with E-state index in [1.165, 1.54) is 0 Å². The number of ketones is 2. The second-order valence-electron chi connectivity index (χ2n) is 4.49. The molecule has 0 spiro atoms. The molecule has 0 atom stereocenters. The minimum Gasteiger partial charge on any atom is -0.380 e. The molecule has 1 aliphatic rings. The van der Waals surface area contributed by atoms with Gasteiger partial charge in [0.1, 0.15) is 11.6 Å². The van der Waals surface area contributed by atoms with E-state index >= 15 is 0 Å². The average Bonchev–Trinajstić information content (AvgIpc) is 2.29. The number of ether oxygens (including phenoxy) is 1. The molecule has 0 aliphatic heterocycles. The molecule has 0 N–H and O–H groups in total. The molecule has 0 amide bonds. The second kappa shape index (κ2) is 5.23. The number of hydrogen-bond acceptors (Lipinski definition) is 3. The summed E-state index contributed by atoms with van der Waals surface area (Å²) in [6.07, 6.45) is 1.07. The normalized spacial score (nSPS) is 17.5. The molecule has 0 unspecified atom stereocenters. The van der Waals surface area contributed by atoms with E-state index in [9.17, 15) is 9.59 Å². The van der Waals surface area contributed by atoms with E-state index in [4.69, 9.17) is 4.74 Å². The van der Waals surface area contributed by atoms with Gasteiger partial charge in [-0.25, -0.2) is 0 Å². The van der Waals surface area contributed by atoms with Crippen molar-refractivity contribution in [1.29, 1.82) is 0 Å². The van der Waals surface area contributed by atoms with Crippen molar-refractivity contribution in [3.8, 4) is 0 Å². The predicted molar refractivity (Wildman–Crippen MR) is 63.8 cm³/mol. The first-order chi connectivity index (χ1) is 8.20. The van der Waals surface area contributed by atoms with Crippen LogP contribution in [0.25, 0.3) is 0 Å². The Morgan fingerprint density at radius 1 is 1.18 bits per heavy atom. The van der Waals surface area contributed by atoms with Gasteiger partial charge in [0.05, 0.1) is 13.0 Å². The Bertz CT molecular complexity index is 421. The molecule has 2 rings (SSSR count). The molecule has 1 aliphatic carbocycles. The zero-order valence-corrected chi connectivity index (χ0v) is 9.94. The van der Waals surface area contributed by atoms with Gasteiger partial charge in [0.25, 0.3) is 0 Å². The van der Waals surface area contributed by atoms with Crippen molar-refractivity contribution in [2.24, 2.45) is 0 Å².